The van der Waals surface area contributed by atoms with Crippen molar-refractivity contribution in [2.24, 2.45) is 5.16 Å². The fourth-order valence-corrected chi connectivity index (χ4v) is 5.38. The van der Waals surface area contributed by atoms with Gasteiger partial charge in [0.25, 0.3) is 11.8 Å². The first kappa shape index (κ1) is 27.2. The number of nitrogen functional groups attached to an aromatic ring is 1. The third-order valence-corrected chi connectivity index (χ3v) is 7.00. The predicted molar refractivity (Wildman–Crippen MR) is 133 cm³/mol. The first-order valence-electron chi connectivity index (χ1n) is 11.0. The number of anilines is 1. The SMILES string of the molecule is CCC/C=C/C1=C(C(=O)OC(C)OC(C)=O)N2C(=O)[C@@H](NC(=O)/C(=N\OC)c3csc(N)n3)[C@H]2SC1. The lowest BCUT2D eigenvalue weighted by Crippen LogP contribution is -2.71. The van der Waals surface area contributed by atoms with E-state index in [-0.39, 0.29) is 22.2 Å². The molecule has 1 fully saturated rings. The second-order valence-corrected chi connectivity index (χ2v) is 9.70. The Morgan fingerprint density at radius 1 is 1.39 bits per heavy atom. The van der Waals surface area contributed by atoms with Crippen molar-refractivity contribution in [2.75, 3.05) is 18.6 Å². The number of fused-ring (bicyclic) bond motifs is 1. The molecule has 0 spiro atoms. The number of thioether (sulfide) groups is 1. The maximum atomic E-state index is 13.1. The first-order chi connectivity index (χ1) is 17.2. The number of ether oxygens (including phenoxy) is 2. The number of β-lactam (4-membered cyclic amide) rings is 1. The number of unbranched alkanes of at least 4 members (excludes halogenated alkanes) is 1. The summed E-state index contributed by atoms with van der Waals surface area (Å²) in [5, 5.41) is 7.62. The summed E-state index contributed by atoms with van der Waals surface area (Å²) >= 11 is 2.52. The highest BCUT2D eigenvalue weighted by atomic mass is 32.2. The molecule has 2 aliphatic heterocycles. The molecule has 12 nitrogen and oxygen atoms in total. The lowest BCUT2D eigenvalue weighted by Gasteiger charge is -2.49. The van der Waals surface area contributed by atoms with E-state index in [2.05, 4.69) is 15.5 Å². The molecule has 0 aromatic carbocycles. The highest BCUT2D eigenvalue weighted by Gasteiger charge is 2.54. The Morgan fingerprint density at radius 3 is 2.75 bits per heavy atom. The number of nitrogens with one attached hydrogen (secondary N) is 1. The van der Waals surface area contributed by atoms with Crippen molar-refractivity contribution in [1.29, 1.82) is 0 Å². The number of nitrogens with zero attached hydrogens (tertiary/aromatic N) is 3. The van der Waals surface area contributed by atoms with Crippen LogP contribution in [0.3, 0.4) is 0 Å². The first-order valence-corrected chi connectivity index (χ1v) is 13.0. The predicted octanol–water partition coefficient (Wildman–Crippen LogP) is 1.54. The van der Waals surface area contributed by atoms with E-state index in [4.69, 9.17) is 20.0 Å². The molecule has 1 aromatic rings. The molecule has 1 unspecified atom stereocenters. The summed E-state index contributed by atoms with van der Waals surface area (Å²) in [4.78, 5) is 60.4. The smallest absolute Gasteiger partial charge is 0.358 e. The molecule has 0 radical (unpaired) electrons. The Balaban J connectivity index is 1.82. The molecule has 194 valence electrons. The van der Waals surface area contributed by atoms with E-state index < -0.39 is 41.5 Å². The molecule has 1 aromatic heterocycles. The van der Waals surface area contributed by atoms with E-state index in [1.54, 1.807) is 11.5 Å². The zero-order chi connectivity index (χ0) is 26.4. The average Bonchev–Trinajstić information content (AvgIpc) is 3.25. The van der Waals surface area contributed by atoms with Gasteiger partial charge in [-0.3, -0.25) is 19.3 Å². The largest absolute Gasteiger partial charge is 0.426 e. The van der Waals surface area contributed by atoms with Gasteiger partial charge >= 0.3 is 11.9 Å². The normalized spacial score (nSPS) is 20.5. The standard InChI is InChI=1S/C22H27N5O7S2/c1-5-6-7-8-13-9-35-20-16(25-18(29)15(26-32-4)14-10-36-22(23)24-14)19(30)27(20)17(13)21(31)34-12(3)33-11(2)28/h7-8,10,12,16,20H,5-6,9H2,1-4H3,(H2,23,24)(H,25,29)/b8-7+,26-15-/t12?,16-,20-/m1/s1. The van der Waals surface area contributed by atoms with Crippen molar-refractivity contribution >= 4 is 57.7 Å². The number of oxime groups is 1. The van der Waals surface area contributed by atoms with Gasteiger partial charge in [-0.1, -0.05) is 30.7 Å². The topological polar surface area (TPSA) is 163 Å². The van der Waals surface area contributed by atoms with Crippen molar-refractivity contribution in [1.82, 2.24) is 15.2 Å². The van der Waals surface area contributed by atoms with E-state index >= 15 is 0 Å². The summed E-state index contributed by atoms with van der Waals surface area (Å²) in [6, 6.07) is -0.921. The molecular formula is C22H27N5O7S2. The van der Waals surface area contributed by atoms with Crippen molar-refractivity contribution in [3.63, 3.8) is 0 Å². The van der Waals surface area contributed by atoms with Crippen LogP contribution in [0.25, 0.3) is 0 Å². The minimum Gasteiger partial charge on any atom is -0.426 e. The van der Waals surface area contributed by atoms with Crippen LogP contribution >= 0.6 is 23.1 Å². The molecule has 14 heteroatoms. The third-order valence-electron chi connectivity index (χ3n) is 5.02. The van der Waals surface area contributed by atoms with Crippen LogP contribution in [0.5, 0.6) is 0 Å². The van der Waals surface area contributed by atoms with Gasteiger partial charge in [0, 0.05) is 25.0 Å². The fourth-order valence-electron chi connectivity index (χ4n) is 3.52. The van der Waals surface area contributed by atoms with Crippen molar-refractivity contribution in [3.8, 4) is 0 Å². The number of carbonyl (C=O) groups excluding carboxylic acids is 4. The lowest BCUT2D eigenvalue weighted by molar-refractivity contribution is -0.182. The van der Waals surface area contributed by atoms with Gasteiger partial charge in [0.15, 0.2) is 10.8 Å². The maximum Gasteiger partial charge on any atom is 0.358 e. The highest BCUT2D eigenvalue weighted by Crippen LogP contribution is 2.41. The molecule has 3 N–H and O–H groups in total. The number of rotatable bonds is 10. The molecule has 3 atom stereocenters. The zero-order valence-electron chi connectivity index (χ0n) is 20.2. The van der Waals surface area contributed by atoms with Crippen LogP contribution in [0.4, 0.5) is 5.13 Å². The van der Waals surface area contributed by atoms with Crippen molar-refractivity contribution in [2.45, 2.75) is 51.3 Å². The summed E-state index contributed by atoms with van der Waals surface area (Å²) in [5.41, 5.74) is 6.39. The van der Waals surface area contributed by atoms with Crippen LogP contribution in [-0.2, 0) is 33.5 Å². The summed E-state index contributed by atoms with van der Waals surface area (Å²) in [7, 11) is 1.28. The second kappa shape index (κ2) is 12.0. The van der Waals surface area contributed by atoms with Crippen LogP contribution in [0.15, 0.2) is 34.0 Å². The number of hydrogen-bond donors (Lipinski definition) is 2. The van der Waals surface area contributed by atoms with Crippen LogP contribution in [0.2, 0.25) is 0 Å². The zero-order valence-corrected chi connectivity index (χ0v) is 21.8. The minimum absolute atomic E-state index is 0.0543. The Kier molecular flexibility index (Phi) is 9.09. The number of esters is 2. The fraction of sp³-hybridized carbons (Fsp3) is 0.455. The van der Waals surface area contributed by atoms with E-state index in [9.17, 15) is 19.2 Å². The van der Waals surface area contributed by atoms with Gasteiger partial charge in [0.2, 0.25) is 6.29 Å². The quantitative estimate of drug-likeness (QED) is 0.147. The van der Waals surface area contributed by atoms with Crippen LogP contribution in [-0.4, -0.2) is 69.9 Å². The number of nitrogens with two attached hydrogens (primary N) is 1. The Bertz CT molecular complexity index is 1130. The summed E-state index contributed by atoms with van der Waals surface area (Å²) < 4.78 is 10.2. The van der Waals surface area contributed by atoms with E-state index in [0.29, 0.717) is 11.3 Å². The van der Waals surface area contributed by atoms with Crippen molar-refractivity contribution in [3.05, 3.63) is 34.5 Å². The molecular weight excluding hydrogens is 510 g/mol. The molecule has 2 amide bonds. The molecule has 3 rings (SSSR count). The average molecular weight is 538 g/mol. The van der Waals surface area contributed by atoms with E-state index in [0.717, 1.165) is 24.2 Å². The third kappa shape index (κ3) is 6.05. The molecule has 0 bridgehead atoms. The number of allylic oxidation sites excluding steroid dienone is 2. The van der Waals surface area contributed by atoms with Crippen LogP contribution in [0.1, 0.15) is 39.3 Å². The number of aromatic nitrogens is 1. The number of thiazole rings is 1. The molecule has 3 heterocycles. The Labute approximate surface area is 215 Å². The molecule has 0 saturated carbocycles. The second-order valence-electron chi connectivity index (χ2n) is 7.70. The van der Waals surface area contributed by atoms with Gasteiger partial charge in [-0.25, -0.2) is 9.78 Å². The molecule has 36 heavy (non-hydrogen) atoms. The van der Waals surface area contributed by atoms with Crippen LogP contribution in [0, 0.1) is 0 Å². The van der Waals surface area contributed by atoms with Gasteiger partial charge in [-0.15, -0.1) is 23.1 Å². The van der Waals surface area contributed by atoms with Crippen molar-refractivity contribution < 1.29 is 33.5 Å². The van der Waals surface area contributed by atoms with E-state index in [1.807, 2.05) is 13.0 Å². The monoisotopic (exact) mass is 537 g/mol. The Morgan fingerprint density at radius 2 is 2.14 bits per heavy atom. The highest BCUT2D eigenvalue weighted by molar-refractivity contribution is 8.00. The van der Waals surface area contributed by atoms with Gasteiger partial charge in [-0.2, -0.15) is 0 Å². The van der Waals surface area contributed by atoms with Gasteiger partial charge in [-0.05, 0) is 12.0 Å². The molecule has 0 aliphatic carbocycles. The number of amides is 2. The maximum absolute atomic E-state index is 13.1. The minimum atomic E-state index is -1.14. The number of hydrogen-bond acceptors (Lipinski definition) is 12. The molecule has 1 saturated heterocycles. The van der Waals surface area contributed by atoms with Gasteiger partial charge in [0.1, 0.15) is 29.9 Å². The lowest BCUT2D eigenvalue weighted by atomic mass is 10.0. The summed E-state index contributed by atoms with van der Waals surface area (Å²) in [6.45, 7) is 4.63. The number of carbonyl (C=O) groups is 4. The molecule has 2 aliphatic rings. The Hall–Kier alpha value is -3.39. The summed E-state index contributed by atoms with van der Waals surface area (Å²) in [6.07, 6.45) is 4.26. The van der Waals surface area contributed by atoms with Crippen LogP contribution < -0.4 is 11.1 Å². The van der Waals surface area contributed by atoms with E-state index in [1.165, 1.54) is 37.6 Å². The van der Waals surface area contributed by atoms with Gasteiger partial charge in [0.05, 0.1) is 0 Å². The van der Waals surface area contributed by atoms with Gasteiger partial charge < -0.3 is 25.4 Å². The summed E-state index contributed by atoms with van der Waals surface area (Å²) in [5.74, 6) is -2.19.